The van der Waals surface area contributed by atoms with Crippen molar-refractivity contribution < 1.29 is 4.39 Å². The van der Waals surface area contributed by atoms with Crippen LogP contribution in [-0.4, -0.2) is 9.78 Å². The number of nitrogens with zero attached hydrogens (tertiary/aromatic N) is 2. The first-order valence-corrected chi connectivity index (χ1v) is 5.99. The van der Waals surface area contributed by atoms with E-state index in [2.05, 4.69) is 17.4 Å². The minimum Gasteiger partial charge on any atom is -0.272 e. The molecule has 0 radical (unpaired) electrons. The predicted molar refractivity (Wildman–Crippen MR) is 68.1 cm³/mol. The Morgan fingerprint density at radius 2 is 2.22 bits per heavy atom. The Bertz CT molecular complexity index is 509. The summed E-state index contributed by atoms with van der Waals surface area (Å²) in [6, 6.07) is 6.22. The molecule has 4 nitrogen and oxygen atoms in total. The standard InChI is InChI=1S/C13H17FN4/c1-2-7-18-9-10(8-16-18)13(17-15)11-5-3-4-6-12(11)14/h3-6,8-9,13,17H,2,7,15H2,1H3. The van der Waals surface area contributed by atoms with Crippen LogP contribution in [0.3, 0.4) is 0 Å². The lowest BCUT2D eigenvalue weighted by atomic mass is 10.0. The van der Waals surface area contributed by atoms with E-state index in [-0.39, 0.29) is 11.9 Å². The summed E-state index contributed by atoms with van der Waals surface area (Å²) in [6.45, 7) is 2.92. The third kappa shape index (κ3) is 2.57. The van der Waals surface area contributed by atoms with Gasteiger partial charge in [-0.15, -0.1) is 0 Å². The Labute approximate surface area is 106 Å². The van der Waals surface area contributed by atoms with Crippen molar-refractivity contribution in [1.29, 1.82) is 0 Å². The van der Waals surface area contributed by atoms with Crippen LogP contribution in [0, 0.1) is 5.82 Å². The summed E-state index contributed by atoms with van der Waals surface area (Å²) >= 11 is 0. The third-order valence-corrected chi connectivity index (χ3v) is 2.82. The zero-order valence-electron chi connectivity index (χ0n) is 10.3. The van der Waals surface area contributed by atoms with Crippen molar-refractivity contribution in [2.75, 3.05) is 0 Å². The molecule has 1 atom stereocenters. The average molecular weight is 248 g/mol. The zero-order valence-corrected chi connectivity index (χ0v) is 10.3. The van der Waals surface area contributed by atoms with Crippen molar-refractivity contribution in [1.82, 2.24) is 15.2 Å². The van der Waals surface area contributed by atoms with Gasteiger partial charge < -0.3 is 0 Å². The topological polar surface area (TPSA) is 55.9 Å². The lowest BCUT2D eigenvalue weighted by molar-refractivity contribution is 0.558. The van der Waals surface area contributed by atoms with E-state index in [9.17, 15) is 4.39 Å². The number of rotatable bonds is 5. The molecule has 5 heteroatoms. The summed E-state index contributed by atoms with van der Waals surface area (Å²) in [5.41, 5.74) is 4.02. The van der Waals surface area contributed by atoms with Gasteiger partial charge >= 0.3 is 0 Å². The smallest absolute Gasteiger partial charge is 0.128 e. The molecule has 3 N–H and O–H groups in total. The van der Waals surface area contributed by atoms with E-state index in [1.165, 1.54) is 6.07 Å². The van der Waals surface area contributed by atoms with Crippen molar-refractivity contribution in [3.63, 3.8) is 0 Å². The highest BCUT2D eigenvalue weighted by Gasteiger charge is 2.17. The largest absolute Gasteiger partial charge is 0.272 e. The van der Waals surface area contributed by atoms with Crippen molar-refractivity contribution in [2.24, 2.45) is 5.84 Å². The van der Waals surface area contributed by atoms with E-state index in [1.54, 1.807) is 24.4 Å². The Kier molecular flexibility index (Phi) is 4.07. The van der Waals surface area contributed by atoms with E-state index in [0.717, 1.165) is 18.5 Å². The van der Waals surface area contributed by atoms with Crippen molar-refractivity contribution in [3.8, 4) is 0 Å². The molecule has 0 saturated heterocycles. The second kappa shape index (κ2) is 5.75. The van der Waals surface area contributed by atoms with E-state index in [0.29, 0.717) is 5.56 Å². The molecule has 0 amide bonds. The maximum Gasteiger partial charge on any atom is 0.128 e. The van der Waals surface area contributed by atoms with Crippen LogP contribution in [0.15, 0.2) is 36.7 Å². The molecule has 1 aromatic heterocycles. The lowest BCUT2D eigenvalue weighted by Crippen LogP contribution is -2.29. The first-order chi connectivity index (χ1) is 8.76. The number of benzene rings is 1. The molecule has 2 rings (SSSR count). The summed E-state index contributed by atoms with van der Waals surface area (Å²) in [5, 5.41) is 4.23. The third-order valence-electron chi connectivity index (χ3n) is 2.82. The Balaban J connectivity index is 2.30. The lowest BCUT2D eigenvalue weighted by Gasteiger charge is -2.15. The Hall–Kier alpha value is -1.72. The number of hydrogen-bond donors (Lipinski definition) is 2. The normalized spacial score (nSPS) is 12.6. The molecular formula is C13H17FN4. The van der Waals surface area contributed by atoms with E-state index in [4.69, 9.17) is 5.84 Å². The van der Waals surface area contributed by atoms with E-state index < -0.39 is 0 Å². The van der Waals surface area contributed by atoms with Gasteiger partial charge in [-0.3, -0.25) is 10.5 Å². The average Bonchev–Trinajstić information content (AvgIpc) is 2.82. The fourth-order valence-corrected chi connectivity index (χ4v) is 1.95. The quantitative estimate of drug-likeness (QED) is 0.628. The van der Waals surface area contributed by atoms with Gasteiger partial charge in [-0.1, -0.05) is 25.1 Å². The summed E-state index contributed by atoms with van der Waals surface area (Å²) < 4.78 is 15.6. The number of aromatic nitrogens is 2. The molecule has 0 spiro atoms. The van der Waals surface area contributed by atoms with Gasteiger partial charge in [-0.2, -0.15) is 5.10 Å². The van der Waals surface area contributed by atoms with Crippen LogP contribution in [0.1, 0.15) is 30.5 Å². The molecule has 0 saturated carbocycles. The molecule has 1 aromatic carbocycles. The number of hydrogen-bond acceptors (Lipinski definition) is 3. The molecule has 0 aliphatic rings. The summed E-state index contributed by atoms with van der Waals surface area (Å²) in [6.07, 6.45) is 4.61. The number of hydrazine groups is 1. The molecule has 2 aromatic rings. The van der Waals surface area contributed by atoms with E-state index in [1.807, 2.05) is 10.9 Å². The highest BCUT2D eigenvalue weighted by Crippen LogP contribution is 2.23. The van der Waals surface area contributed by atoms with Gasteiger partial charge in [0.1, 0.15) is 5.82 Å². The van der Waals surface area contributed by atoms with Crippen LogP contribution in [0.2, 0.25) is 0 Å². The van der Waals surface area contributed by atoms with Gasteiger partial charge in [-0.25, -0.2) is 9.82 Å². The summed E-state index contributed by atoms with van der Waals surface area (Å²) in [5.74, 6) is 5.26. The molecule has 0 fully saturated rings. The number of halogens is 1. The van der Waals surface area contributed by atoms with Gasteiger partial charge in [0.15, 0.2) is 0 Å². The summed E-state index contributed by atoms with van der Waals surface area (Å²) in [7, 11) is 0. The number of aryl methyl sites for hydroxylation is 1. The van der Waals surface area contributed by atoms with Gasteiger partial charge in [0.05, 0.1) is 12.2 Å². The molecular weight excluding hydrogens is 231 g/mol. The molecule has 0 aliphatic heterocycles. The minimum atomic E-state index is -0.378. The predicted octanol–water partition coefficient (Wildman–Crippen LogP) is 1.98. The van der Waals surface area contributed by atoms with Crippen LogP contribution in [0.5, 0.6) is 0 Å². The van der Waals surface area contributed by atoms with E-state index >= 15 is 0 Å². The second-order valence-corrected chi connectivity index (χ2v) is 4.16. The fourth-order valence-electron chi connectivity index (χ4n) is 1.95. The fraction of sp³-hybridized carbons (Fsp3) is 0.308. The van der Waals surface area contributed by atoms with Crippen LogP contribution in [0.4, 0.5) is 4.39 Å². The van der Waals surface area contributed by atoms with Gasteiger partial charge in [-0.05, 0) is 12.5 Å². The molecule has 1 heterocycles. The summed E-state index contributed by atoms with van der Waals surface area (Å²) in [4.78, 5) is 0. The van der Waals surface area contributed by atoms with Crippen molar-refractivity contribution in [3.05, 3.63) is 53.6 Å². The van der Waals surface area contributed by atoms with Gasteiger partial charge in [0.25, 0.3) is 0 Å². The number of nitrogens with one attached hydrogen (secondary N) is 1. The highest BCUT2D eigenvalue weighted by molar-refractivity contribution is 5.30. The number of nitrogens with two attached hydrogens (primary N) is 1. The highest BCUT2D eigenvalue weighted by atomic mass is 19.1. The molecule has 96 valence electrons. The van der Waals surface area contributed by atoms with Crippen LogP contribution in [-0.2, 0) is 6.54 Å². The van der Waals surface area contributed by atoms with Gasteiger partial charge in [0.2, 0.25) is 0 Å². The molecule has 0 aliphatic carbocycles. The maximum absolute atomic E-state index is 13.7. The van der Waals surface area contributed by atoms with Crippen molar-refractivity contribution in [2.45, 2.75) is 25.9 Å². The Morgan fingerprint density at radius 1 is 1.44 bits per heavy atom. The van der Waals surface area contributed by atoms with Crippen LogP contribution in [0.25, 0.3) is 0 Å². The van der Waals surface area contributed by atoms with Crippen LogP contribution >= 0.6 is 0 Å². The monoisotopic (exact) mass is 248 g/mol. The maximum atomic E-state index is 13.7. The Morgan fingerprint density at radius 3 is 2.89 bits per heavy atom. The van der Waals surface area contributed by atoms with Crippen molar-refractivity contribution >= 4 is 0 Å². The zero-order chi connectivity index (χ0) is 13.0. The molecule has 18 heavy (non-hydrogen) atoms. The first-order valence-electron chi connectivity index (χ1n) is 5.99. The van der Waals surface area contributed by atoms with Crippen LogP contribution < -0.4 is 11.3 Å². The minimum absolute atomic E-state index is 0.274. The first kappa shape index (κ1) is 12.7. The second-order valence-electron chi connectivity index (χ2n) is 4.16. The van der Waals surface area contributed by atoms with Gasteiger partial charge in [0, 0.05) is 23.9 Å². The SMILES string of the molecule is CCCn1cc(C(NN)c2ccccc2F)cn1. The molecule has 0 bridgehead atoms. The molecule has 1 unspecified atom stereocenters.